The maximum absolute atomic E-state index is 10.8. The van der Waals surface area contributed by atoms with Gasteiger partial charge < -0.3 is 10.5 Å². The van der Waals surface area contributed by atoms with Crippen molar-refractivity contribution in [3.8, 4) is 0 Å². The molecule has 3 N–H and O–H groups in total. The van der Waals surface area contributed by atoms with Gasteiger partial charge in [-0.25, -0.2) is 4.79 Å². The molecule has 0 aromatic carbocycles. The number of nitrogens with two attached hydrogens (primary N) is 1. The minimum atomic E-state index is -0.818. The Labute approximate surface area is 88.7 Å². The van der Waals surface area contributed by atoms with Gasteiger partial charge in [0.15, 0.2) is 0 Å². The van der Waals surface area contributed by atoms with E-state index < -0.39 is 12.3 Å². The number of nitrogens with one attached hydrogen (secondary N) is 1. The fourth-order valence-electron chi connectivity index (χ4n) is 1.14. The highest BCUT2D eigenvalue weighted by atomic mass is 16.6. The van der Waals surface area contributed by atoms with Crippen molar-refractivity contribution in [2.45, 2.75) is 27.0 Å². The van der Waals surface area contributed by atoms with Gasteiger partial charge in [0.25, 0.3) is 0 Å². The molecule has 1 aliphatic heterocycles. The van der Waals surface area contributed by atoms with Gasteiger partial charge in [-0.05, 0) is 6.08 Å². The lowest BCUT2D eigenvalue weighted by Crippen LogP contribution is -2.50. The van der Waals surface area contributed by atoms with Gasteiger partial charge in [0, 0.05) is 11.6 Å². The Balaban J connectivity index is 2.76. The predicted molar refractivity (Wildman–Crippen MR) is 56.5 cm³/mol. The molecule has 15 heavy (non-hydrogen) atoms. The third kappa shape index (κ3) is 3.16. The lowest BCUT2D eigenvalue weighted by molar-refractivity contribution is -0.0927. The van der Waals surface area contributed by atoms with Crippen LogP contribution < -0.4 is 11.2 Å². The molecule has 6 nitrogen and oxygen atoms in total. The molecule has 0 fully saturated rings. The standard InChI is InChI=1S/C9H16N4O2/c1-9(2,3)7(15-8(10)14)13-11-5-4-6-12-13/h4-7,11H,1-3H3,(H2,10,14). The van der Waals surface area contributed by atoms with Crippen LogP contribution in [-0.4, -0.2) is 23.7 Å². The lowest BCUT2D eigenvalue weighted by Gasteiger charge is -2.36. The minimum Gasteiger partial charge on any atom is -0.422 e. The Morgan fingerprint density at radius 3 is 2.67 bits per heavy atom. The maximum Gasteiger partial charge on any atom is 0.406 e. The zero-order valence-corrected chi connectivity index (χ0v) is 9.10. The molecular formula is C9H16N4O2. The topological polar surface area (TPSA) is 80.0 Å². The summed E-state index contributed by atoms with van der Waals surface area (Å²) >= 11 is 0. The number of amides is 1. The average molecular weight is 212 g/mol. The molecule has 1 amide bonds. The van der Waals surface area contributed by atoms with E-state index in [2.05, 4.69) is 10.5 Å². The van der Waals surface area contributed by atoms with Crippen LogP contribution in [0.1, 0.15) is 20.8 Å². The Morgan fingerprint density at radius 2 is 2.27 bits per heavy atom. The molecule has 84 valence electrons. The second kappa shape index (κ2) is 4.20. The van der Waals surface area contributed by atoms with E-state index in [4.69, 9.17) is 10.5 Å². The summed E-state index contributed by atoms with van der Waals surface area (Å²) in [7, 11) is 0. The van der Waals surface area contributed by atoms with Crippen molar-refractivity contribution in [2.75, 3.05) is 0 Å². The monoisotopic (exact) mass is 212 g/mol. The smallest absolute Gasteiger partial charge is 0.406 e. The van der Waals surface area contributed by atoms with Crippen LogP contribution in [0.25, 0.3) is 0 Å². The number of carbonyl (C=O) groups excluding carboxylic acids is 1. The number of ether oxygens (including phenoxy) is 1. The molecule has 1 aliphatic rings. The van der Waals surface area contributed by atoms with Gasteiger partial charge in [0.2, 0.25) is 6.23 Å². The summed E-state index contributed by atoms with van der Waals surface area (Å²) < 4.78 is 5.01. The van der Waals surface area contributed by atoms with E-state index in [-0.39, 0.29) is 5.41 Å². The van der Waals surface area contributed by atoms with Crippen molar-refractivity contribution in [1.82, 2.24) is 10.5 Å². The molecule has 1 atom stereocenters. The Bertz CT molecular complexity index is 293. The molecule has 1 rings (SSSR count). The molecule has 0 saturated heterocycles. The van der Waals surface area contributed by atoms with E-state index in [1.165, 1.54) is 5.12 Å². The van der Waals surface area contributed by atoms with E-state index >= 15 is 0 Å². The number of hydrazine groups is 1. The molecular weight excluding hydrogens is 196 g/mol. The largest absolute Gasteiger partial charge is 0.422 e. The van der Waals surface area contributed by atoms with Crippen LogP contribution in [0, 0.1) is 5.41 Å². The third-order valence-electron chi connectivity index (χ3n) is 1.77. The summed E-state index contributed by atoms with van der Waals surface area (Å²) in [5.41, 5.74) is 7.56. The van der Waals surface area contributed by atoms with Crippen molar-refractivity contribution < 1.29 is 9.53 Å². The number of allylic oxidation sites excluding steroid dienone is 1. The summed E-state index contributed by atoms with van der Waals surface area (Å²) in [6.45, 7) is 5.78. The second-order valence-corrected chi connectivity index (χ2v) is 4.25. The van der Waals surface area contributed by atoms with Crippen molar-refractivity contribution in [1.29, 1.82) is 0 Å². The second-order valence-electron chi connectivity index (χ2n) is 4.25. The first-order valence-corrected chi connectivity index (χ1v) is 4.62. The average Bonchev–Trinajstić information content (AvgIpc) is 2.14. The highest BCUT2D eigenvalue weighted by Gasteiger charge is 2.33. The number of nitrogens with zero attached hydrogens (tertiary/aromatic N) is 2. The molecule has 0 spiro atoms. The zero-order valence-electron chi connectivity index (χ0n) is 9.10. The Hall–Kier alpha value is -1.72. The lowest BCUT2D eigenvalue weighted by atomic mass is 9.94. The summed E-state index contributed by atoms with van der Waals surface area (Å²) in [6.07, 6.45) is 3.65. The molecule has 0 aromatic rings. The van der Waals surface area contributed by atoms with Crippen molar-refractivity contribution >= 4 is 12.3 Å². The number of carbonyl (C=O) groups is 1. The highest BCUT2D eigenvalue weighted by molar-refractivity contribution is 5.71. The number of primary amides is 1. The predicted octanol–water partition coefficient (Wildman–Crippen LogP) is 0.774. The summed E-state index contributed by atoms with van der Waals surface area (Å²) in [5.74, 6) is 0. The van der Waals surface area contributed by atoms with Gasteiger partial charge in [-0.15, -0.1) is 0 Å². The van der Waals surface area contributed by atoms with Crippen molar-refractivity contribution in [2.24, 2.45) is 16.3 Å². The number of hydrogen-bond donors (Lipinski definition) is 2. The van der Waals surface area contributed by atoms with Crippen LogP contribution >= 0.6 is 0 Å². The zero-order chi connectivity index (χ0) is 11.5. The molecule has 1 heterocycles. The highest BCUT2D eigenvalue weighted by Crippen LogP contribution is 2.25. The number of hydrazone groups is 1. The van der Waals surface area contributed by atoms with Crippen molar-refractivity contribution in [3.63, 3.8) is 0 Å². The minimum absolute atomic E-state index is 0.301. The molecule has 0 aromatic heterocycles. The Morgan fingerprint density at radius 1 is 1.60 bits per heavy atom. The van der Waals surface area contributed by atoms with Gasteiger partial charge in [-0.2, -0.15) is 10.2 Å². The molecule has 1 unspecified atom stereocenters. The van der Waals surface area contributed by atoms with Crippen LogP contribution in [0.3, 0.4) is 0 Å². The number of rotatable bonds is 2. The van der Waals surface area contributed by atoms with Gasteiger partial charge in [-0.1, -0.05) is 20.8 Å². The van der Waals surface area contributed by atoms with Gasteiger partial charge in [0.1, 0.15) is 0 Å². The Kier molecular flexibility index (Phi) is 3.18. The van der Waals surface area contributed by atoms with Crippen molar-refractivity contribution in [3.05, 3.63) is 12.3 Å². The molecule has 0 bridgehead atoms. The van der Waals surface area contributed by atoms with Crippen LogP contribution in [0.5, 0.6) is 0 Å². The third-order valence-corrected chi connectivity index (χ3v) is 1.77. The summed E-state index contributed by atoms with van der Waals surface area (Å²) in [4.78, 5) is 10.8. The SMILES string of the molecule is CC(C)(C)C(OC(N)=O)N1N=CC=CN1. The van der Waals surface area contributed by atoms with Crippen LogP contribution in [0.15, 0.2) is 17.4 Å². The molecule has 6 heteroatoms. The first-order chi connectivity index (χ1) is 6.91. The summed E-state index contributed by atoms with van der Waals surface area (Å²) in [6, 6.07) is 0. The molecule has 0 radical (unpaired) electrons. The van der Waals surface area contributed by atoms with Gasteiger partial charge in [-0.3, -0.25) is 5.43 Å². The first-order valence-electron chi connectivity index (χ1n) is 4.62. The number of hydrogen-bond acceptors (Lipinski definition) is 5. The fraction of sp³-hybridized carbons (Fsp3) is 0.556. The van der Waals surface area contributed by atoms with Crippen LogP contribution in [-0.2, 0) is 4.74 Å². The van der Waals surface area contributed by atoms with Crippen LogP contribution in [0.2, 0.25) is 0 Å². The molecule has 0 saturated carbocycles. The maximum atomic E-state index is 10.8. The van der Waals surface area contributed by atoms with E-state index in [9.17, 15) is 4.79 Å². The van der Waals surface area contributed by atoms with Gasteiger partial charge >= 0.3 is 6.09 Å². The van der Waals surface area contributed by atoms with Crippen LogP contribution in [0.4, 0.5) is 4.79 Å². The first kappa shape index (κ1) is 11.4. The fourth-order valence-corrected chi connectivity index (χ4v) is 1.14. The quantitative estimate of drug-likeness (QED) is 0.708. The molecule has 0 aliphatic carbocycles. The van der Waals surface area contributed by atoms with E-state index in [0.717, 1.165) is 0 Å². The van der Waals surface area contributed by atoms with E-state index in [1.807, 2.05) is 20.8 Å². The van der Waals surface area contributed by atoms with E-state index in [0.29, 0.717) is 0 Å². The van der Waals surface area contributed by atoms with Gasteiger partial charge in [0.05, 0.1) is 6.21 Å². The van der Waals surface area contributed by atoms with E-state index in [1.54, 1.807) is 18.5 Å². The summed E-state index contributed by atoms with van der Waals surface area (Å²) in [5, 5.41) is 5.48. The normalized spacial score (nSPS) is 17.1.